The lowest BCUT2D eigenvalue weighted by Gasteiger charge is -2.29. The number of methoxy groups -OCH3 is 1. The van der Waals surface area contributed by atoms with Crippen molar-refractivity contribution in [3.8, 4) is 5.75 Å². The van der Waals surface area contributed by atoms with Gasteiger partial charge in [0.2, 0.25) is 5.91 Å². The molecule has 1 fully saturated rings. The fourth-order valence-electron chi connectivity index (χ4n) is 2.70. The van der Waals surface area contributed by atoms with Gasteiger partial charge < -0.3 is 15.4 Å². The van der Waals surface area contributed by atoms with Gasteiger partial charge in [-0.1, -0.05) is 25.1 Å². The summed E-state index contributed by atoms with van der Waals surface area (Å²) in [5, 5.41) is 6.42. The Bertz CT molecular complexity index is 448. The second kappa shape index (κ2) is 7.29. The lowest BCUT2D eigenvalue weighted by molar-refractivity contribution is -0.122. The summed E-state index contributed by atoms with van der Waals surface area (Å²) in [5.74, 6) is 1.49. The van der Waals surface area contributed by atoms with Gasteiger partial charge in [0.1, 0.15) is 5.75 Å². The molecule has 0 aromatic heterocycles. The highest BCUT2D eigenvalue weighted by molar-refractivity contribution is 5.76. The Kier molecular flexibility index (Phi) is 5.41. The molecule has 1 saturated heterocycles. The normalized spacial score (nSPS) is 22.3. The first kappa shape index (κ1) is 14.9. The third kappa shape index (κ3) is 3.97. The average molecular weight is 276 g/mol. The number of piperidine rings is 1. The van der Waals surface area contributed by atoms with Crippen LogP contribution < -0.4 is 15.4 Å². The molecule has 4 nitrogen and oxygen atoms in total. The molecule has 2 rings (SSSR count). The topological polar surface area (TPSA) is 50.4 Å². The van der Waals surface area contributed by atoms with Crippen LogP contribution in [0.3, 0.4) is 0 Å². The van der Waals surface area contributed by atoms with Crippen LogP contribution in [0.25, 0.3) is 0 Å². The summed E-state index contributed by atoms with van der Waals surface area (Å²) >= 11 is 0. The molecule has 2 unspecified atom stereocenters. The second-order valence-corrected chi connectivity index (χ2v) is 5.47. The fourth-order valence-corrected chi connectivity index (χ4v) is 2.70. The van der Waals surface area contributed by atoms with E-state index in [4.69, 9.17) is 4.74 Å². The van der Waals surface area contributed by atoms with E-state index in [0.29, 0.717) is 24.9 Å². The third-order valence-electron chi connectivity index (χ3n) is 4.00. The molecule has 0 bridgehead atoms. The molecule has 4 heteroatoms. The zero-order chi connectivity index (χ0) is 14.4. The van der Waals surface area contributed by atoms with Crippen LogP contribution >= 0.6 is 0 Å². The van der Waals surface area contributed by atoms with E-state index in [-0.39, 0.29) is 5.91 Å². The maximum Gasteiger partial charge on any atom is 0.221 e. The molecule has 2 N–H and O–H groups in total. The minimum Gasteiger partial charge on any atom is -0.496 e. The van der Waals surface area contributed by atoms with Crippen molar-refractivity contribution in [1.82, 2.24) is 10.6 Å². The third-order valence-corrected chi connectivity index (χ3v) is 4.00. The maximum atomic E-state index is 12.0. The molecular formula is C16H24N2O2. The zero-order valence-corrected chi connectivity index (χ0v) is 12.3. The number of para-hydroxylation sites is 1. The molecule has 0 saturated carbocycles. The van der Waals surface area contributed by atoms with Gasteiger partial charge in [-0.25, -0.2) is 0 Å². The van der Waals surface area contributed by atoms with Crippen LogP contribution in [0.4, 0.5) is 0 Å². The van der Waals surface area contributed by atoms with Crippen molar-refractivity contribution in [1.29, 1.82) is 0 Å². The van der Waals surface area contributed by atoms with E-state index in [1.54, 1.807) is 7.11 Å². The van der Waals surface area contributed by atoms with Crippen LogP contribution in [0.5, 0.6) is 5.75 Å². The first-order chi connectivity index (χ1) is 9.70. The predicted molar refractivity (Wildman–Crippen MR) is 79.6 cm³/mol. The minimum atomic E-state index is 0.0992. The van der Waals surface area contributed by atoms with Crippen molar-refractivity contribution >= 4 is 5.91 Å². The molecule has 1 aromatic rings. The molecule has 20 heavy (non-hydrogen) atoms. The summed E-state index contributed by atoms with van der Waals surface area (Å²) in [4.78, 5) is 12.0. The molecule has 1 aliphatic rings. The number of hydrogen-bond acceptors (Lipinski definition) is 3. The van der Waals surface area contributed by atoms with E-state index in [1.165, 1.54) is 12.8 Å². The summed E-state index contributed by atoms with van der Waals surface area (Å²) in [6, 6.07) is 8.07. The largest absolute Gasteiger partial charge is 0.496 e. The van der Waals surface area contributed by atoms with Crippen molar-refractivity contribution in [2.75, 3.05) is 13.7 Å². The lowest BCUT2D eigenvalue weighted by Crippen LogP contribution is -2.43. The van der Waals surface area contributed by atoms with Gasteiger partial charge in [-0.15, -0.1) is 0 Å². The van der Waals surface area contributed by atoms with Crippen molar-refractivity contribution in [2.24, 2.45) is 5.92 Å². The van der Waals surface area contributed by atoms with Gasteiger partial charge in [0.15, 0.2) is 0 Å². The molecule has 0 aliphatic carbocycles. The molecule has 1 heterocycles. The van der Waals surface area contributed by atoms with Gasteiger partial charge in [-0.05, 0) is 31.4 Å². The molecule has 0 spiro atoms. The average Bonchev–Trinajstić information content (AvgIpc) is 2.48. The van der Waals surface area contributed by atoms with E-state index in [2.05, 4.69) is 17.6 Å². The molecule has 1 amide bonds. The maximum absolute atomic E-state index is 12.0. The van der Waals surface area contributed by atoms with E-state index in [9.17, 15) is 4.79 Å². The van der Waals surface area contributed by atoms with E-state index >= 15 is 0 Å². The van der Waals surface area contributed by atoms with Gasteiger partial charge in [-0.3, -0.25) is 4.79 Å². The van der Waals surface area contributed by atoms with E-state index < -0.39 is 0 Å². The second-order valence-electron chi connectivity index (χ2n) is 5.47. The predicted octanol–water partition coefficient (Wildman–Crippen LogP) is 2.09. The number of rotatable bonds is 5. The van der Waals surface area contributed by atoms with Crippen molar-refractivity contribution < 1.29 is 9.53 Å². The number of hydrogen-bond donors (Lipinski definition) is 2. The Morgan fingerprint density at radius 2 is 2.25 bits per heavy atom. The van der Waals surface area contributed by atoms with Crippen molar-refractivity contribution in [3.05, 3.63) is 29.8 Å². The van der Waals surface area contributed by atoms with Gasteiger partial charge in [-0.2, -0.15) is 0 Å². The highest BCUT2D eigenvalue weighted by Gasteiger charge is 2.23. The Hall–Kier alpha value is -1.55. The number of ether oxygens (including phenoxy) is 1. The molecule has 0 radical (unpaired) electrons. The fraction of sp³-hybridized carbons (Fsp3) is 0.562. The quantitative estimate of drug-likeness (QED) is 0.866. The van der Waals surface area contributed by atoms with E-state index in [1.807, 2.05) is 24.3 Å². The van der Waals surface area contributed by atoms with Gasteiger partial charge in [0.25, 0.3) is 0 Å². The standard InChI is InChI=1S/C16H24N2O2/c1-12-6-5-9-17-14(12)10-16(19)18-11-13-7-3-4-8-15(13)20-2/h3-4,7-8,12,14,17H,5-6,9-11H2,1-2H3,(H,18,19). The van der Waals surface area contributed by atoms with Crippen LogP contribution in [-0.4, -0.2) is 25.6 Å². The van der Waals surface area contributed by atoms with Gasteiger partial charge in [0.05, 0.1) is 7.11 Å². The number of amides is 1. The minimum absolute atomic E-state index is 0.0992. The monoisotopic (exact) mass is 276 g/mol. The molecule has 1 aromatic carbocycles. The SMILES string of the molecule is COc1ccccc1CNC(=O)CC1NCCCC1C. The molecule has 1 aliphatic heterocycles. The summed E-state index contributed by atoms with van der Waals surface area (Å²) in [6.07, 6.45) is 2.97. The number of carbonyl (C=O) groups excluding carboxylic acids is 1. The first-order valence-corrected chi connectivity index (χ1v) is 7.32. The molecule has 110 valence electrons. The van der Waals surface area contributed by atoms with Crippen LogP contribution in [-0.2, 0) is 11.3 Å². The highest BCUT2D eigenvalue weighted by Crippen LogP contribution is 2.19. The van der Waals surface area contributed by atoms with E-state index in [0.717, 1.165) is 17.9 Å². The number of nitrogens with one attached hydrogen (secondary N) is 2. The summed E-state index contributed by atoms with van der Waals surface area (Å²) in [6.45, 7) is 3.75. The van der Waals surface area contributed by atoms with Crippen LogP contribution in [0.2, 0.25) is 0 Å². The molecule has 2 atom stereocenters. The Morgan fingerprint density at radius 3 is 3.00 bits per heavy atom. The summed E-state index contributed by atoms with van der Waals surface area (Å²) in [5.41, 5.74) is 1.01. The Morgan fingerprint density at radius 1 is 1.45 bits per heavy atom. The zero-order valence-electron chi connectivity index (χ0n) is 12.3. The van der Waals surface area contributed by atoms with Crippen molar-refractivity contribution in [3.63, 3.8) is 0 Å². The van der Waals surface area contributed by atoms with Crippen molar-refractivity contribution in [2.45, 2.75) is 38.8 Å². The van der Waals surface area contributed by atoms with Gasteiger partial charge >= 0.3 is 0 Å². The Balaban J connectivity index is 1.82. The number of benzene rings is 1. The Labute approximate surface area is 120 Å². The lowest BCUT2D eigenvalue weighted by atomic mass is 9.90. The van der Waals surface area contributed by atoms with Crippen LogP contribution in [0.1, 0.15) is 31.7 Å². The van der Waals surface area contributed by atoms with Crippen LogP contribution in [0.15, 0.2) is 24.3 Å². The van der Waals surface area contributed by atoms with Crippen LogP contribution in [0, 0.1) is 5.92 Å². The highest BCUT2D eigenvalue weighted by atomic mass is 16.5. The first-order valence-electron chi connectivity index (χ1n) is 7.32. The number of carbonyl (C=O) groups is 1. The molecular weight excluding hydrogens is 252 g/mol. The smallest absolute Gasteiger partial charge is 0.221 e. The summed E-state index contributed by atoms with van der Waals surface area (Å²) < 4.78 is 5.28. The van der Waals surface area contributed by atoms with Gasteiger partial charge in [0, 0.05) is 24.6 Å². The summed E-state index contributed by atoms with van der Waals surface area (Å²) in [7, 11) is 1.65.